The third-order valence-corrected chi connectivity index (χ3v) is 3.02. The van der Waals surface area contributed by atoms with Crippen molar-refractivity contribution in [2.45, 2.75) is 13.8 Å². The molecule has 18 heavy (non-hydrogen) atoms. The standard InChI is InChI=1S/C14H20N3O/c1-10(2)7-17-8-11(9-17)14(18)16-13-5-3-4-12(15)6-13/h3-6,11H,7-9,15H2,1-2H3,(H,16,18). The molecule has 2 rings (SSSR count). The normalized spacial score (nSPS) is 16.6. The molecule has 3 N–H and O–H groups in total. The van der Waals surface area contributed by atoms with Crippen molar-refractivity contribution in [3.05, 3.63) is 30.2 Å². The number of carbonyl (C=O) groups is 1. The van der Waals surface area contributed by atoms with Gasteiger partial charge in [-0.2, -0.15) is 0 Å². The van der Waals surface area contributed by atoms with E-state index in [1.54, 1.807) is 12.1 Å². The fourth-order valence-electron chi connectivity index (χ4n) is 2.17. The van der Waals surface area contributed by atoms with Gasteiger partial charge in [0.15, 0.2) is 0 Å². The van der Waals surface area contributed by atoms with E-state index in [2.05, 4.69) is 24.1 Å². The Hall–Kier alpha value is -1.55. The molecule has 0 unspecified atom stereocenters. The first kappa shape index (κ1) is 12.9. The van der Waals surface area contributed by atoms with Gasteiger partial charge in [0, 0.05) is 31.0 Å². The van der Waals surface area contributed by atoms with E-state index >= 15 is 0 Å². The first-order valence-corrected chi connectivity index (χ1v) is 6.22. The van der Waals surface area contributed by atoms with Crippen LogP contribution in [0, 0.1) is 11.8 Å². The van der Waals surface area contributed by atoms with E-state index in [0.717, 1.165) is 25.3 Å². The average Bonchev–Trinajstić information content (AvgIpc) is 2.22. The Morgan fingerprint density at radius 2 is 2.17 bits per heavy atom. The van der Waals surface area contributed by atoms with Crippen molar-refractivity contribution in [1.29, 1.82) is 0 Å². The lowest BCUT2D eigenvalue weighted by Crippen LogP contribution is -2.52. The molecule has 1 aliphatic rings. The first-order chi connectivity index (χ1) is 8.54. The summed E-state index contributed by atoms with van der Waals surface area (Å²) >= 11 is 0. The van der Waals surface area contributed by atoms with Crippen LogP contribution in [0.15, 0.2) is 24.3 Å². The molecule has 1 amide bonds. The topological polar surface area (TPSA) is 58.4 Å². The first-order valence-electron chi connectivity index (χ1n) is 6.22. The highest BCUT2D eigenvalue weighted by atomic mass is 16.2. The van der Waals surface area contributed by atoms with Gasteiger partial charge in [-0.15, -0.1) is 0 Å². The summed E-state index contributed by atoms with van der Waals surface area (Å²) in [5, 5.41) is 2.91. The second kappa shape index (κ2) is 5.40. The largest absolute Gasteiger partial charge is 0.399 e. The molecule has 0 aliphatic carbocycles. The third kappa shape index (κ3) is 3.23. The summed E-state index contributed by atoms with van der Waals surface area (Å²) in [6.07, 6.45) is 0. The maximum Gasteiger partial charge on any atom is 0.230 e. The van der Waals surface area contributed by atoms with Crippen LogP contribution in [0.25, 0.3) is 0 Å². The highest BCUT2D eigenvalue weighted by Gasteiger charge is 2.32. The third-order valence-electron chi connectivity index (χ3n) is 3.02. The van der Waals surface area contributed by atoms with Crippen LogP contribution in [-0.4, -0.2) is 30.4 Å². The number of anilines is 2. The molecule has 1 fully saturated rings. The molecule has 1 aromatic carbocycles. The number of likely N-dealkylation sites (tertiary alicyclic amines) is 1. The Morgan fingerprint density at radius 3 is 2.78 bits per heavy atom. The zero-order valence-corrected chi connectivity index (χ0v) is 10.9. The summed E-state index contributed by atoms with van der Waals surface area (Å²) in [5.41, 5.74) is 7.11. The summed E-state index contributed by atoms with van der Waals surface area (Å²) in [5.74, 6) is 1.57. The number of hydrogen-bond donors (Lipinski definition) is 2. The molecule has 1 radical (unpaired) electrons. The van der Waals surface area contributed by atoms with Gasteiger partial charge in [-0.3, -0.25) is 4.79 Å². The van der Waals surface area contributed by atoms with Gasteiger partial charge in [-0.1, -0.05) is 19.9 Å². The maximum atomic E-state index is 12.0. The summed E-state index contributed by atoms with van der Waals surface area (Å²) in [6, 6.07) is 7.28. The predicted octanol–water partition coefficient (Wildman–Crippen LogP) is 1.75. The van der Waals surface area contributed by atoms with Gasteiger partial charge in [-0.25, -0.2) is 0 Å². The Morgan fingerprint density at radius 1 is 1.44 bits per heavy atom. The second-order valence-corrected chi connectivity index (χ2v) is 5.21. The quantitative estimate of drug-likeness (QED) is 0.796. The number of rotatable bonds is 4. The van der Waals surface area contributed by atoms with Crippen LogP contribution in [0.2, 0.25) is 0 Å². The fraction of sp³-hybridized carbons (Fsp3) is 0.429. The predicted molar refractivity (Wildman–Crippen MR) is 74.0 cm³/mol. The van der Waals surface area contributed by atoms with Gasteiger partial charge < -0.3 is 16.0 Å². The Kier molecular flexibility index (Phi) is 3.87. The molecular weight excluding hydrogens is 226 g/mol. The van der Waals surface area contributed by atoms with Crippen molar-refractivity contribution in [2.75, 3.05) is 30.7 Å². The van der Waals surface area contributed by atoms with Gasteiger partial charge in [0.05, 0.1) is 5.92 Å². The number of nitrogens with two attached hydrogens (primary N) is 1. The average molecular weight is 246 g/mol. The number of hydrogen-bond acceptors (Lipinski definition) is 3. The molecule has 0 spiro atoms. The SMILES string of the molecule is C[C](C)CN1CC(C(=O)Nc2cccc(N)c2)C1. The minimum absolute atomic E-state index is 0.0885. The molecule has 97 valence electrons. The van der Waals surface area contributed by atoms with Crippen molar-refractivity contribution < 1.29 is 4.79 Å². The lowest BCUT2D eigenvalue weighted by molar-refractivity contribution is -0.124. The highest BCUT2D eigenvalue weighted by Crippen LogP contribution is 2.20. The van der Waals surface area contributed by atoms with Gasteiger partial charge in [0.25, 0.3) is 0 Å². The van der Waals surface area contributed by atoms with Gasteiger partial charge in [0.1, 0.15) is 0 Å². The number of amides is 1. The zero-order valence-electron chi connectivity index (χ0n) is 10.9. The number of carbonyl (C=O) groups excluding carboxylic acids is 1. The second-order valence-electron chi connectivity index (χ2n) is 5.21. The van der Waals surface area contributed by atoms with E-state index in [1.807, 2.05) is 12.1 Å². The van der Waals surface area contributed by atoms with Crippen LogP contribution < -0.4 is 11.1 Å². The van der Waals surface area contributed by atoms with E-state index in [0.29, 0.717) is 5.69 Å². The molecule has 1 aliphatic heterocycles. The molecule has 0 saturated carbocycles. The Bertz CT molecular complexity index is 425. The van der Waals surface area contributed by atoms with Crippen molar-refractivity contribution in [3.8, 4) is 0 Å². The number of benzene rings is 1. The van der Waals surface area contributed by atoms with Crippen molar-refractivity contribution in [1.82, 2.24) is 4.90 Å². The summed E-state index contributed by atoms with van der Waals surface area (Å²) in [4.78, 5) is 14.2. The van der Waals surface area contributed by atoms with Crippen LogP contribution in [0.1, 0.15) is 13.8 Å². The smallest absolute Gasteiger partial charge is 0.230 e. The summed E-state index contributed by atoms with van der Waals surface area (Å²) in [7, 11) is 0. The summed E-state index contributed by atoms with van der Waals surface area (Å²) < 4.78 is 0. The van der Waals surface area contributed by atoms with Gasteiger partial charge in [-0.05, 0) is 24.1 Å². The maximum absolute atomic E-state index is 12.0. The zero-order chi connectivity index (χ0) is 13.1. The van der Waals surface area contributed by atoms with Crippen LogP contribution in [0.5, 0.6) is 0 Å². The van der Waals surface area contributed by atoms with E-state index in [1.165, 1.54) is 5.92 Å². The number of nitrogen functional groups attached to an aromatic ring is 1. The molecular formula is C14H20N3O. The van der Waals surface area contributed by atoms with E-state index in [4.69, 9.17) is 5.73 Å². The molecule has 1 heterocycles. The Balaban J connectivity index is 1.80. The van der Waals surface area contributed by atoms with Crippen LogP contribution in [0.3, 0.4) is 0 Å². The summed E-state index contributed by atoms with van der Waals surface area (Å²) in [6.45, 7) is 6.90. The molecule has 0 bridgehead atoms. The lowest BCUT2D eigenvalue weighted by Gasteiger charge is -2.39. The van der Waals surface area contributed by atoms with Gasteiger partial charge in [0.2, 0.25) is 5.91 Å². The fourth-order valence-corrected chi connectivity index (χ4v) is 2.17. The monoisotopic (exact) mass is 246 g/mol. The Labute approximate surface area is 108 Å². The van der Waals surface area contributed by atoms with E-state index < -0.39 is 0 Å². The van der Waals surface area contributed by atoms with E-state index in [9.17, 15) is 4.79 Å². The number of nitrogens with zero attached hydrogens (tertiary/aromatic N) is 1. The van der Waals surface area contributed by atoms with Crippen LogP contribution in [-0.2, 0) is 4.79 Å². The minimum atomic E-state index is 0.0885. The van der Waals surface area contributed by atoms with Crippen molar-refractivity contribution >= 4 is 17.3 Å². The van der Waals surface area contributed by atoms with Gasteiger partial charge >= 0.3 is 0 Å². The minimum Gasteiger partial charge on any atom is -0.399 e. The highest BCUT2D eigenvalue weighted by molar-refractivity contribution is 5.93. The molecule has 0 atom stereocenters. The molecule has 1 aromatic rings. The van der Waals surface area contributed by atoms with Crippen LogP contribution in [0.4, 0.5) is 11.4 Å². The molecule has 4 nitrogen and oxygen atoms in total. The molecule has 1 saturated heterocycles. The molecule has 0 aromatic heterocycles. The number of nitrogens with one attached hydrogen (secondary N) is 1. The lowest BCUT2D eigenvalue weighted by atomic mass is 9.97. The van der Waals surface area contributed by atoms with Crippen LogP contribution >= 0.6 is 0 Å². The van der Waals surface area contributed by atoms with Crippen molar-refractivity contribution in [2.24, 2.45) is 5.92 Å². The van der Waals surface area contributed by atoms with E-state index in [-0.39, 0.29) is 11.8 Å². The molecule has 4 heteroatoms. The van der Waals surface area contributed by atoms with Crippen molar-refractivity contribution in [3.63, 3.8) is 0 Å².